The van der Waals surface area contributed by atoms with E-state index in [0.717, 1.165) is 12.8 Å². The third-order valence-electron chi connectivity index (χ3n) is 8.76. The number of hydrogen-bond acceptors (Lipinski definition) is 3. The molecule has 2 heterocycles. The maximum absolute atomic E-state index is 10.1. The van der Waals surface area contributed by atoms with Crippen LogP contribution in [0.25, 0.3) is 0 Å². The van der Waals surface area contributed by atoms with Crippen molar-refractivity contribution < 1.29 is 5.11 Å². The lowest BCUT2D eigenvalue weighted by atomic mass is 9.69. The molecular weight excluding hydrogens is 416 g/mol. The topological polar surface area (TPSA) is 35.5 Å². The van der Waals surface area contributed by atoms with Gasteiger partial charge in [-0.25, -0.2) is 0 Å². The molecule has 2 saturated heterocycles. The van der Waals surface area contributed by atoms with E-state index in [4.69, 9.17) is 0 Å². The number of nitrogens with one attached hydrogen (secondary N) is 1. The van der Waals surface area contributed by atoms with Crippen LogP contribution in [0.2, 0.25) is 0 Å². The standard InChI is InChI=1S/C31H36N2O/c34-27-12-14-29-25(21-27)9-13-28(23-5-2-1-3-6-23)30(29)24-7-10-26(11-8-24)33-20-17-31(22-33)15-4-18-32-19-16-31/h1-3,5-8,10-12,14,21,28,30,32,34H,4,9,13,15-20,22H2/t28-,30+,31?/m1/s1. The summed E-state index contributed by atoms with van der Waals surface area (Å²) >= 11 is 0. The third-order valence-corrected chi connectivity index (χ3v) is 8.76. The SMILES string of the molecule is Oc1ccc2c(c1)CC[C@H](c1ccccc1)[C@@H]2c1ccc(N2CCC3(CCCNCC3)C2)cc1. The van der Waals surface area contributed by atoms with E-state index in [1.165, 1.54) is 79.8 Å². The van der Waals surface area contributed by atoms with Gasteiger partial charge in [-0.05, 0) is 109 Å². The predicted octanol–water partition coefficient (Wildman–Crippen LogP) is 6.22. The van der Waals surface area contributed by atoms with E-state index in [2.05, 4.69) is 70.9 Å². The zero-order chi connectivity index (χ0) is 23.0. The van der Waals surface area contributed by atoms with Crippen LogP contribution >= 0.6 is 0 Å². The van der Waals surface area contributed by atoms with Crippen LogP contribution < -0.4 is 10.2 Å². The molecule has 2 fully saturated rings. The number of rotatable bonds is 3. The number of phenols is 1. The number of benzene rings is 3. The van der Waals surface area contributed by atoms with Gasteiger partial charge in [0, 0.05) is 24.7 Å². The van der Waals surface area contributed by atoms with Crippen LogP contribution in [0.5, 0.6) is 5.75 Å². The quantitative estimate of drug-likeness (QED) is 0.495. The fourth-order valence-corrected chi connectivity index (χ4v) is 6.93. The third kappa shape index (κ3) is 4.11. The van der Waals surface area contributed by atoms with Crippen LogP contribution in [0.1, 0.15) is 66.2 Å². The first kappa shape index (κ1) is 21.7. The number of aryl methyl sites for hydroxylation is 1. The Labute approximate surface area is 203 Å². The molecule has 0 amide bonds. The first-order valence-electron chi connectivity index (χ1n) is 13.1. The fourth-order valence-electron chi connectivity index (χ4n) is 6.93. The van der Waals surface area contributed by atoms with Gasteiger partial charge in [-0.3, -0.25) is 0 Å². The molecule has 3 aromatic rings. The van der Waals surface area contributed by atoms with Gasteiger partial charge in [-0.1, -0.05) is 48.5 Å². The first-order chi connectivity index (χ1) is 16.7. The molecule has 3 aliphatic rings. The number of anilines is 1. The average molecular weight is 453 g/mol. The molecule has 3 nitrogen and oxygen atoms in total. The minimum atomic E-state index is 0.318. The predicted molar refractivity (Wildman–Crippen MR) is 140 cm³/mol. The number of nitrogens with zero attached hydrogens (tertiary/aromatic N) is 1. The second-order valence-corrected chi connectivity index (χ2v) is 10.8. The molecule has 0 radical (unpaired) electrons. The molecule has 0 saturated carbocycles. The van der Waals surface area contributed by atoms with Gasteiger partial charge in [-0.2, -0.15) is 0 Å². The van der Waals surface area contributed by atoms with Crippen molar-refractivity contribution in [3.05, 3.63) is 95.1 Å². The highest BCUT2D eigenvalue weighted by Crippen LogP contribution is 2.47. The lowest BCUT2D eigenvalue weighted by molar-refractivity contribution is 0.289. The van der Waals surface area contributed by atoms with E-state index < -0.39 is 0 Å². The Morgan fingerprint density at radius 2 is 1.71 bits per heavy atom. The van der Waals surface area contributed by atoms with E-state index in [1.807, 2.05) is 12.1 Å². The van der Waals surface area contributed by atoms with Gasteiger partial charge in [0.05, 0.1) is 0 Å². The largest absolute Gasteiger partial charge is 0.508 e. The summed E-state index contributed by atoms with van der Waals surface area (Å²) in [7, 11) is 0. The van der Waals surface area contributed by atoms with Crippen LogP contribution in [0.15, 0.2) is 72.8 Å². The van der Waals surface area contributed by atoms with Gasteiger partial charge in [0.2, 0.25) is 0 Å². The summed E-state index contributed by atoms with van der Waals surface area (Å²) in [6, 6.07) is 26.4. The van der Waals surface area contributed by atoms with Crippen LogP contribution in [0.3, 0.4) is 0 Å². The van der Waals surface area contributed by atoms with Crippen molar-refractivity contribution in [2.45, 2.75) is 50.4 Å². The van der Waals surface area contributed by atoms with Crippen LogP contribution in [-0.2, 0) is 6.42 Å². The van der Waals surface area contributed by atoms with Crippen molar-refractivity contribution in [2.24, 2.45) is 5.41 Å². The van der Waals surface area contributed by atoms with E-state index in [-0.39, 0.29) is 0 Å². The van der Waals surface area contributed by atoms with Gasteiger partial charge in [0.1, 0.15) is 5.75 Å². The van der Waals surface area contributed by atoms with Crippen molar-refractivity contribution in [3.8, 4) is 5.75 Å². The number of fused-ring (bicyclic) bond motifs is 1. The maximum Gasteiger partial charge on any atom is 0.115 e. The van der Waals surface area contributed by atoms with Gasteiger partial charge >= 0.3 is 0 Å². The van der Waals surface area contributed by atoms with Crippen LogP contribution in [0, 0.1) is 5.41 Å². The van der Waals surface area contributed by atoms with E-state index in [1.54, 1.807) is 0 Å². The molecule has 1 unspecified atom stereocenters. The molecule has 2 aliphatic heterocycles. The number of hydrogen-bond donors (Lipinski definition) is 2. The summed E-state index contributed by atoms with van der Waals surface area (Å²) in [6.07, 6.45) is 7.43. The van der Waals surface area contributed by atoms with Crippen molar-refractivity contribution in [2.75, 3.05) is 31.1 Å². The van der Waals surface area contributed by atoms with Crippen molar-refractivity contribution in [1.82, 2.24) is 5.32 Å². The summed E-state index contributed by atoms with van der Waals surface area (Å²) in [5.41, 5.74) is 7.35. The van der Waals surface area contributed by atoms with Crippen molar-refractivity contribution >= 4 is 5.69 Å². The second-order valence-electron chi connectivity index (χ2n) is 10.8. The molecule has 0 aromatic heterocycles. The second kappa shape index (κ2) is 9.11. The maximum atomic E-state index is 10.1. The van der Waals surface area contributed by atoms with E-state index in [9.17, 15) is 5.11 Å². The minimum Gasteiger partial charge on any atom is -0.508 e. The summed E-state index contributed by atoms with van der Waals surface area (Å²) in [4.78, 5) is 2.62. The van der Waals surface area contributed by atoms with Crippen LogP contribution in [-0.4, -0.2) is 31.3 Å². The average Bonchev–Trinajstić information content (AvgIpc) is 3.16. The fraction of sp³-hybridized carbons (Fsp3) is 0.419. The molecule has 176 valence electrons. The lowest BCUT2D eigenvalue weighted by Gasteiger charge is -2.35. The molecule has 6 rings (SSSR count). The number of phenolic OH excluding ortho intramolecular Hbond substituents is 1. The Balaban J connectivity index is 1.30. The van der Waals surface area contributed by atoms with Crippen molar-refractivity contribution in [3.63, 3.8) is 0 Å². The minimum absolute atomic E-state index is 0.318. The zero-order valence-corrected chi connectivity index (χ0v) is 20.0. The van der Waals surface area contributed by atoms with Gasteiger partial charge in [-0.15, -0.1) is 0 Å². The normalized spacial score (nSPS) is 26.9. The highest BCUT2D eigenvalue weighted by Gasteiger charge is 2.38. The van der Waals surface area contributed by atoms with Crippen LogP contribution in [0.4, 0.5) is 5.69 Å². The molecule has 2 N–H and O–H groups in total. The van der Waals surface area contributed by atoms with Crippen molar-refractivity contribution in [1.29, 1.82) is 0 Å². The molecule has 1 spiro atoms. The Morgan fingerprint density at radius 1 is 0.853 bits per heavy atom. The summed E-state index contributed by atoms with van der Waals surface area (Å²) in [6.45, 7) is 4.73. The van der Waals surface area contributed by atoms with E-state index >= 15 is 0 Å². The lowest BCUT2D eigenvalue weighted by Crippen LogP contribution is -2.28. The molecule has 3 aromatic carbocycles. The molecule has 34 heavy (non-hydrogen) atoms. The van der Waals surface area contributed by atoms with Gasteiger partial charge < -0.3 is 15.3 Å². The Kier molecular flexibility index (Phi) is 5.82. The monoisotopic (exact) mass is 452 g/mol. The number of aromatic hydroxyl groups is 1. The Morgan fingerprint density at radius 3 is 2.56 bits per heavy atom. The summed E-state index contributed by atoms with van der Waals surface area (Å²) in [5.74, 6) is 1.15. The summed E-state index contributed by atoms with van der Waals surface area (Å²) in [5, 5.41) is 13.7. The Bertz CT molecular complexity index is 1120. The Hall–Kier alpha value is -2.78. The molecule has 1 aliphatic carbocycles. The first-order valence-corrected chi connectivity index (χ1v) is 13.1. The zero-order valence-electron chi connectivity index (χ0n) is 20.0. The molecular formula is C31H36N2O. The smallest absolute Gasteiger partial charge is 0.115 e. The highest BCUT2D eigenvalue weighted by atomic mass is 16.3. The van der Waals surface area contributed by atoms with E-state index in [0.29, 0.717) is 23.0 Å². The molecule has 3 heteroatoms. The molecule has 0 bridgehead atoms. The summed E-state index contributed by atoms with van der Waals surface area (Å²) < 4.78 is 0. The van der Waals surface area contributed by atoms with Gasteiger partial charge in [0.15, 0.2) is 0 Å². The van der Waals surface area contributed by atoms with Gasteiger partial charge in [0.25, 0.3) is 0 Å². The molecule has 3 atom stereocenters. The highest BCUT2D eigenvalue weighted by molar-refractivity contribution is 5.53.